The van der Waals surface area contributed by atoms with Crippen LogP contribution >= 0.6 is 0 Å². The summed E-state index contributed by atoms with van der Waals surface area (Å²) in [7, 11) is 0. The summed E-state index contributed by atoms with van der Waals surface area (Å²) in [6.07, 6.45) is 0. The normalized spacial score (nSPS) is 13.4. The van der Waals surface area contributed by atoms with Gasteiger partial charge in [-0.3, -0.25) is 0 Å². The van der Waals surface area contributed by atoms with Crippen molar-refractivity contribution < 1.29 is 9.15 Å². The molecule has 274 valence electrons. The topological polar surface area (TPSA) is 22.4 Å². The van der Waals surface area contributed by atoms with Gasteiger partial charge >= 0.3 is 0 Å². The van der Waals surface area contributed by atoms with Gasteiger partial charge in [-0.2, -0.15) is 0 Å². The standard InChI is InChI=1S/C57H34O2/c1-3-14-39(15-4-1)57(40-16-5-2-6-17-40)49-29-28-42-41(38-26-31-52-47(33-38)43-18-7-8-22-51(43)58-52)19-11-21-44(42)56(49)46-27-24-37(34-50(46)57)36-25-30-53-48(32-36)45-20-9-12-35-13-10-23-54(59-53)55(35)45/h1-34H. The lowest BCUT2D eigenvalue weighted by atomic mass is 9.67. The van der Waals surface area contributed by atoms with Crippen molar-refractivity contribution in [1.82, 2.24) is 0 Å². The summed E-state index contributed by atoms with van der Waals surface area (Å²) < 4.78 is 12.7. The summed E-state index contributed by atoms with van der Waals surface area (Å²) in [5, 5.41) is 7.11. The predicted molar refractivity (Wildman–Crippen MR) is 242 cm³/mol. The second-order valence-corrected chi connectivity index (χ2v) is 15.9. The van der Waals surface area contributed by atoms with Gasteiger partial charge in [0.15, 0.2) is 0 Å². The van der Waals surface area contributed by atoms with Crippen LogP contribution in [0.5, 0.6) is 11.5 Å². The molecule has 0 atom stereocenters. The van der Waals surface area contributed by atoms with Gasteiger partial charge in [-0.15, -0.1) is 0 Å². The molecule has 1 aliphatic carbocycles. The lowest BCUT2D eigenvalue weighted by Gasteiger charge is -2.34. The van der Waals surface area contributed by atoms with Gasteiger partial charge in [0, 0.05) is 21.7 Å². The molecule has 1 aliphatic heterocycles. The Balaban J connectivity index is 1.06. The lowest BCUT2D eigenvalue weighted by molar-refractivity contribution is 0.487. The van der Waals surface area contributed by atoms with E-state index in [2.05, 4.69) is 194 Å². The van der Waals surface area contributed by atoms with Crippen LogP contribution in [0.3, 0.4) is 0 Å². The van der Waals surface area contributed by atoms with E-state index >= 15 is 0 Å². The van der Waals surface area contributed by atoms with Gasteiger partial charge in [0.2, 0.25) is 0 Å². The molecule has 2 heteroatoms. The van der Waals surface area contributed by atoms with Gasteiger partial charge in [0.1, 0.15) is 22.7 Å². The molecule has 1 aromatic heterocycles. The van der Waals surface area contributed by atoms with E-state index in [1.807, 2.05) is 12.1 Å². The molecule has 13 rings (SSSR count). The second kappa shape index (κ2) is 12.2. The van der Waals surface area contributed by atoms with E-state index in [4.69, 9.17) is 9.15 Å². The fourth-order valence-electron chi connectivity index (χ4n) is 10.4. The maximum Gasteiger partial charge on any atom is 0.135 e. The lowest BCUT2D eigenvalue weighted by Crippen LogP contribution is -2.28. The molecule has 0 saturated heterocycles. The minimum absolute atomic E-state index is 0.552. The number of fused-ring (bicyclic) bond motifs is 10. The Morgan fingerprint density at radius 1 is 0.339 bits per heavy atom. The number of ether oxygens (including phenoxy) is 1. The zero-order chi connectivity index (χ0) is 38.7. The molecule has 2 aliphatic rings. The SMILES string of the molecule is c1ccc(C2(c3ccccc3)c3cc(-c4ccc5c(c4)-c4cccc6cccc(c46)O5)ccc3-c3c2ccc2c(-c4ccc5oc6ccccc6c5c4)cccc32)cc1. The van der Waals surface area contributed by atoms with Gasteiger partial charge in [0.25, 0.3) is 0 Å². The van der Waals surface area contributed by atoms with Crippen LogP contribution in [0.25, 0.3) is 88.0 Å². The average Bonchev–Trinajstić information content (AvgIpc) is 3.83. The van der Waals surface area contributed by atoms with E-state index in [1.165, 1.54) is 77.2 Å². The first-order valence-corrected chi connectivity index (χ1v) is 20.3. The number of para-hydroxylation sites is 1. The molecule has 0 saturated carbocycles. The van der Waals surface area contributed by atoms with E-state index in [0.29, 0.717) is 0 Å². The Kier molecular flexibility index (Phi) is 6.68. The van der Waals surface area contributed by atoms with E-state index < -0.39 is 5.41 Å². The molecule has 0 amide bonds. The van der Waals surface area contributed by atoms with Crippen LogP contribution in [0.4, 0.5) is 0 Å². The van der Waals surface area contributed by atoms with Crippen LogP contribution < -0.4 is 4.74 Å². The number of benzene rings is 10. The van der Waals surface area contributed by atoms with E-state index in [9.17, 15) is 0 Å². The number of rotatable bonds is 4. The van der Waals surface area contributed by atoms with Crippen molar-refractivity contribution in [3.63, 3.8) is 0 Å². The Morgan fingerprint density at radius 2 is 1.02 bits per heavy atom. The summed E-state index contributed by atoms with van der Waals surface area (Å²) in [5.41, 5.74) is 15.9. The minimum atomic E-state index is -0.552. The molecule has 2 heterocycles. The highest BCUT2D eigenvalue weighted by molar-refractivity contribution is 6.12. The molecule has 0 N–H and O–H groups in total. The van der Waals surface area contributed by atoms with E-state index in [1.54, 1.807) is 0 Å². The molecule has 0 unspecified atom stereocenters. The summed E-state index contributed by atoms with van der Waals surface area (Å²) in [6.45, 7) is 0. The maximum atomic E-state index is 6.52. The molecular weight excluding hydrogens is 717 g/mol. The van der Waals surface area contributed by atoms with Crippen molar-refractivity contribution in [2.24, 2.45) is 0 Å². The zero-order valence-corrected chi connectivity index (χ0v) is 31.9. The second-order valence-electron chi connectivity index (χ2n) is 15.9. The summed E-state index contributed by atoms with van der Waals surface area (Å²) in [6, 6.07) is 75.3. The fourth-order valence-corrected chi connectivity index (χ4v) is 10.4. The molecule has 59 heavy (non-hydrogen) atoms. The molecule has 2 nitrogen and oxygen atoms in total. The van der Waals surface area contributed by atoms with E-state index in [-0.39, 0.29) is 0 Å². The minimum Gasteiger partial charge on any atom is -0.456 e. The number of hydrogen-bond acceptors (Lipinski definition) is 2. The van der Waals surface area contributed by atoms with Gasteiger partial charge in [-0.1, -0.05) is 164 Å². The van der Waals surface area contributed by atoms with Crippen molar-refractivity contribution in [1.29, 1.82) is 0 Å². The molecule has 0 radical (unpaired) electrons. The highest BCUT2D eigenvalue weighted by Crippen LogP contribution is 2.59. The molecule has 0 fully saturated rings. The van der Waals surface area contributed by atoms with Gasteiger partial charge in [-0.05, 0) is 120 Å². The van der Waals surface area contributed by atoms with Crippen LogP contribution in [-0.2, 0) is 5.41 Å². The van der Waals surface area contributed by atoms with Gasteiger partial charge in [-0.25, -0.2) is 0 Å². The molecule has 0 spiro atoms. The van der Waals surface area contributed by atoms with Crippen molar-refractivity contribution in [2.75, 3.05) is 0 Å². The first-order chi connectivity index (χ1) is 29.2. The van der Waals surface area contributed by atoms with Crippen LogP contribution in [0.2, 0.25) is 0 Å². The van der Waals surface area contributed by atoms with Crippen LogP contribution in [0.15, 0.2) is 211 Å². The van der Waals surface area contributed by atoms with Crippen molar-refractivity contribution in [2.45, 2.75) is 5.41 Å². The van der Waals surface area contributed by atoms with Gasteiger partial charge < -0.3 is 9.15 Å². The summed E-state index contributed by atoms with van der Waals surface area (Å²) in [4.78, 5) is 0. The number of hydrogen-bond donors (Lipinski definition) is 0. The average molecular weight is 751 g/mol. The molecule has 0 bridgehead atoms. The largest absolute Gasteiger partial charge is 0.456 e. The van der Waals surface area contributed by atoms with Crippen LogP contribution in [0, 0.1) is 0 Å². The molecular formula is C57H34O2. The number of furan rings is 1. The van der Waals surface area contributed by atoms with Crippen LogP contribution in [-0.4, -0.2) is 0 Å². The third kappa shape index (κ3) is 4.51. The van der Waals surface area contributed by atoms with Gasteiger partial charge in [0.05, 0.1) is 5.41 Å². The quantitative estimate of drug-likeness (QED) is 0.179. The summed E-state index contributed by atoms with van der Waals surface area (Å²) in [5.74, 6) is 1.80. The first-order valence-electron chi connectivity index (χ1n) is 20.3. The van der Waals surface area contributed by atoms with Crippen molar-refractivity contribution >= 4 is 43.5 Å². The molecule has 11 aromatic rings. The molecule has 10 aromatic carbocycles. The predicted octanol–water partition coefficient (Wildman–Crippen LogP) is 15.4. The first kappa shape index (κ1) is 32.4. The fraction of sp³-hybridized carbons (Fsp3) is 0.0175. The Hall–Kier alpha value is -7.68. The van der Waals surface area contributed by atoms with Crippen molar-refractivity contribution in [3.8, 4) is 56.0 Å². The van der Waals surface area contributed by atoms with Crippen LogP contribution in [0.1, 0.15) is 22.3 Å². The smallest absolute Gasteiger partial charge is 0.135 e. The van der Waals surface area contributed by atoms with E-state index in [0.717, 1.165) is 44.6 Å². The zero-order valence-electron chi connectivity index (χ0n) is 31.9. The third-order valence-corrected chi connectivity index (χ3v) is 12.9. The Morgan fingerprint density at radius 3 is 1.86 bits per heavy atom. The highest BCUT2D eigenvalue weighted by atomic mass is 16.5. The Bertz CT molecular complexity index is 3480. The Labute approximate surface area is 341 Å². The van der Waals surface area contributed by atoms with Crippen molar-refractivity contribution in [3.05, 3.63) is 229 Å². The highest BCUT2D eigenvalue weighted by Gasteiger charge is 2.47. The summed E-state index contributed by atoms with van der Waals surface area (Å²) >= 11 is 0. The monoisotopic (exact) mass is 750 g/mol. The maximum absolute atomic E-state index is 6.52. The third-order valence-electron chi connectivity index (χ3n) is 12.9.